The first kappa shape index (κ1) is 20.2. The third-order valence-corrected chi connectivity index (χ3v) is 5.63. The van der Waals surface area contributed by atoms with Crippen LogP contribution in [-0.4, -0.2) is 24.9 Å². The number of rotatable bonds is 4. The maximum atomic E-state index is 12.9. The van der Waals surface area contributed by atoms with Gasteiger partial charge in [0.2, 0.25) is 10.0 Å². The number of thioether (sulfide) groups is 1. The molecular formula is C16H12F3N3O4S2. The highest BCUT2D eigenvalue weighted by atomic mass is 32.2. The van der Waals surface area contributed by atoms with Gasteiger partial charge in [-0.3, -0.25) is 9.59 Å². The van der Waals surface area contributed by atoms with Crippen LogP contribution in [0.4, 0.5) is 29.3 Å². The molecule has 0 saturated carbocycles. The van der Waals surface area contributed by atoms with Crippen molar-refractivity contribution in [3.63, 3.8) is 0 Å². The standard InChI is InChI=1S/C16H12F3N3O4S2/c17-16(18,19)9-2-1-3-11(8-9)22-14(23)13(27-15(22)24)21-10-4-6-12(7-5-10)28(20,25)26/h1-8,13,21H,(H2,20,25,26)/t13-/m0/s1. The summed E-state index contributed by atoms with van der Waals surface area (Å²) in [5, 5.41) is 5.92. The van der Waals surface area contributed by atoms with Crippen LogP contribution in [0.15, 0.2) is 53.4 Å². The highest BCUT2D eigenvalue weighted by molar-refractivity contribution is 8.16. The number of hydrogen-bond acceptors (Lipinski definition) is 6. The van der Waals surface area contributed by atoms with Gasteiger partial charge in [0.1, 0.15) is 0 Å². The van der Waals surface area contributed by atoms with Gasteiger partial charge in [0, 0.05) is 5.69 Å². The summed E-state index contributed by atoms with van der Waals surface area (Å²) in [5.41, 5.74) is -0.839. The fourth-order valence-electron chi connectivity index (χ4n) is 2.45. The van der Waals surface area contributed by atoms with E-state index in [2.05, 4.69) is 5.32 Å². The SMILES string of the molecule is NS(=O)(=O)c1ccc(N[C@H]2SC(=O)N(c3cccc(C(F)(F)F)c3)C2=O)cc1. The summed E-state index contributed by atoms with van der Waals surface area (Å²) in [6.45, 7) is 0. The van der Waals surface area contributed by atoms with Crippen molar-refractivity contribution in [3.05, 3.63) is 54.1 Å². The van der Waals surface area contributed by atoms with E-state index in [1.54, 1.807) is 0 Å². The number of nitrogens with one attached hydrogen (secondary N) is 1. The van der Waals surface area contributed by atoms with Gasteiger partial charge in [0.05, 0.1) is 16.1 Å². The van der Waals surface area contributed by atoms with Crippen molar-refractivity contribution < 1.29 is 31.2 Å². The number of primary sulfonamides is 1. The van der Waals surface area contributed by atoms with E-state index in [9.17, 15) is 31.2 Å². The molecule has 0 aliphatic carbocycles. The minimum atomic E-state index is -4.61. The number of hydrogen-bond donors (Lipinski definition) is 2. The van der Waals surface area contributed by atoms with Crippen molar-refractivity contribution in [1.29, 1.82) is 0 Å². The number of imide groups is 1. The lowest BCUT2D eigenvalue weighted by Crippen LogP contribution is -2.34. The molecule has 3 rings (SSSR count). The first-order chi connectivity index (χ1) is 13.0. The number of nitrogens with two attached hydrogens (primary N) is 1. The molecule has 0 radical (unpaired) electrons. The summed E-state index contributed by atoms with van der Waals surface area (Å²) in [7, 11) is -3.88. The molecule has 2 aromatic carbocycles. The zero-order valence-electron chi connectivity index (χ0n) is 13.8. The molecule has 28 heavy (non-hydrogen) atoms. The minimum absolute atomic E-state index is 0.134. The summed E-state index contributed by atoms with van der Waals surface area (Å²) in [6.07, 6.45) is -4.61. The second-order valence-electron chi connectivity index (χ2n) is 5.70. The molecule has 0 spiro atoms. The summed E-state index contributed by atoms with van der Waals surface area (Å²) in [4.78, 5) is 25.2. The predicted octanol–water partition coefficient (Wildman–Crippen LogP) is 2.99. The third kappa shape index (κ3) is 4.13. The van der Waals surface area contributed by atoms with Gasteiger partial charge in [-0.15, -0.1) is 0 Å². The van der Waals surface area contributed by atoms with Crippen LogP contribution >= 0.6 is 11.8 Å². The summed E-state index contributed by atoms with van der Waals surface area (Å²) >= 11 is 0.597. The molecule has 0 unspecified atom stereocenters. The lowest BCUT2D eigenvalue weighted by atomic mass is 10.2. The van der Waals surface area contributed by atoms with E-state index < -0.39 is 38.3 Å². The van der Waals surface area contributed by atoms with Crippen molar-refractivity contribution >= 4 is 44.3 Å². The van der Waals surface area contributed by atoms with Gasteiger partial charge in [0.15, 0.2) is 5.37 Å². The Morgan fingerprint density at radius 1 is 1.07 bits per heavy atom. The zero-order valence-corrected chi connectivity index (χ0v) is 15.4. The molecule has 1 aliphatic rings. The predicted molar refractivity (Wildman–Crippen MR) is 97.1 cm³/mol. The maximum absolute atomic E-state index is 12.9. The Hall–Kier alpha value is -2.57. The summed E-state index contributed by atoms with van der Waals surface area (Å²) in [5.74, 6) is -0.746. The molecule has 1 saturated heterocycles. The molecule has 7 nitrogen and oxygen atoms in total. The van der Waals surface area contributed by atoms with E-state index >= 15 is 0 Å². The van der Waals surface area contributed by atoms with Gasteiger partial charge in [-0.2, -0.15) is 13.2 Å². The van der Waals surface area contributed by atoms with Crippen LogP contribution in [0.25, 0.3) is 0 Å². The van der Waals surface area contributed by atoms with Crippen LogP contribution < -0.4 is 15.4 Å². The number of amides is 2. The van der Waals surface area contributed by atoms with Gasteiger partial charge in [-0.05, 0) is 54.2 Å². The smallest absolute Gasteiger partial charge is 0.365 e. The number of carbonyl (C=O) groups is 2. The molecule has 2 aromatic rings. The number of anilines is 2. The van der Waals surface area contributed by atoms with E-state index in [0.29, 0.717) is 22.3 Å². The van der Waals surface area contributed by atoms with Crippen LogP contribution in [0, 0.1) is 0 Å². The molecule has 1 fully saturated rings. The molecular weight excluding hydrogens is 419 g/mol. The number of alkyl halides is 3. The molecule has 0 aromatic heterocycles. The summed E-state index contributed by atoms with van der Waals surface area (Å²) < 4.78 is 61.1. The van der Waals surface area contributed by atoms with E-state index in [0.717, 1.165) is 18.2 Å². The van der Waals surface area contributed by atoms with Crippen LogP contribution in [0.3, 0.4) is 0 Å². The van der Waals surface area contributed by atoms with Crippen molar-refractivity contribution in [1.82, 2.24) is 0 Å². The Balaban J connectivity index is 1.81. The normalized spacial score (nSPS) is 17.9. The first-order valence-corrected chi connectivity index (χ1v) is 10.0. The Kier molecular flexibility index (Phi) is 5.12. The lowest BCUT2D eigenvalue weighted by Gasteiger charge is -2.16. The van der Waals surface area contributed by atoms with Gasteiger partial charge in [-0.25, -0.2) is 18.5 Å². The van der Waals surface area contributed by atoms with E-state index in [-0.39, 0.29) is 10.6 Å². The quantitative estimate of drug-likeness (QED) is 0.770. The van der Waals surface area contributed by atoms with E-state index in [1.165, 1.54) is 30.3 Å². The second kappa shape index (κ2) is 7.11. The largest absolute Gasteiger partial charge is 0.416 e. The number of nitrogens with zero attached hydrogens (tertiary/aromatic N) is 1. The van der Waals surface area contributed by atoms with Crippen LogP contribution in [0.1, 0.15) is 5.56 Å². The molecule has 1 heterocycles. The lowest BCUT2D eigenvalue weighted by molar-refractivity contribution is -0.137. The minimum Gasteiger partial charge on any atom is -0.365 e. The van der Waals surface area contributed by atoms with Crippen molar-refractivity contribution in [3.8, 4) is 0 Å². The Labute approximate surface area is 161 Å². The summed E-state index contributed by atoms with van der Waals surface area (Å²) in [6, 6.07) is 9.04. The Morgan fingerprint density at radius 3 is 2.29 bits per heavy atom. The van der Waals surface area contributed by atoms with Crippen molar-refractivity contribution in [2.75, 3.05) is 10.2 Å². The third-order valence-electron chi connectivity index (χ3n) is 3.76. The van der Waals surface area contributed by atoms with Gasteiger partial charge in [0.25, 0.3) is 11.1 Å². The monoisotopic (exact) mass is 431 g/mol. The van der Waals surface area contributed by atoms with E-state index in [1.807, 2.05) is 0 Å². The second-order valence-corrected chi connectivity index (χ2v) is 8.32. The highest BCUT2D eigenvalue weighted by Crippen LogP contribution is 2.36. The average Bonchev–Trinajstić information content (AvgIpc) is 2.87. The molecule has 3 N–H and O–H groups in total. The number of halogens is 3. The molecule has 148 valence electrons. The van der Waals surface area contributed by atoms with E-state index in [4.69, 9.17) is 5.14 Å². The van der Waals surface area contributed by atoms with Crippen LogP contribution in [0.2, 0.25) is 0 Å². The fourth-order valence-corrected chi connectivity index (χ4v) is 3.87. The average molecular weight is 431 g/mol. The maximum Gasteiger partial charge on any atom is 0.416 e. The van der Waals surface area contributed by atoms with Crippen molar-refractivity contribution in [2.24, 2.45) is 5.14 Å². The number of carbonyl (C=O) groups excluding carboxylic acids is 2. The Morgan fingerprint density at radius 2 is 1.71 bits per heavy atom. The molecule has 1 aliphatic heterocycles. The zero-order chi connectivity index (χ0) is 20.7. The van der Waals surface area contributed by atoms with Gasteiger partial charge in [-0.1, -0.05) is 6.07 Å². The molecule has 0 bridgehead atoms. The number of benzene rings is 2. The van der Waals surface area contributed by atoms with Crippen LogP contribution in [-0.2, 0) is 21.0 Å². The Bertz CT molecular complexity index is 1040. The highest BCUT2D eigenvalue weighted by Gasteiger charge is 2.41. The van der Waals surface area contributed by atoms with Gasteiger partial charge < -0.3 is 5.32 Å². The molecule has 1 atom stereocenters. The molecule has 12 heteroatoms. The van der Waals surface area contributed by atoms with Gasteiger partial charge >= 0.3 is 6.18 Å². The van der Waals surface area contributed by atoms with Crippen LogP contribution in [0.5, 0.6) is 0 Å². The first-order valence-electron chi connectivity index (χ1n) is 7.58. The number of sulfonamides is 1. The topological polar surface area (TPSA) is 110 Å². The van der Waals surface area contributed by atoms with Crippen molar-refractivity contribution in [2.45, 2.75) is 16.4 Å². The molecule has 2 amide bonds. The fraction of sp³-hybridized carbons (Fsp3) is 0.125.